The Morgan fingerprint density at radius 1 is 1.17 bits per heavy atom. The van der Waals surface area contributed by atoms with Crippen molar-refractivity contribution in [1.82, 2.24) is 9.97 Å². The molecule has 0 aliphatic carbocycles. The van der Waals surface area contributed by atoms with Crippen LogP contribution in [-0.2, 0) is 0 Å². The highest BCUT2D eigenvalue weighted by Crippen LogP contribution is 2.21. The van der Waals surface area contributed by atoms with E-state index >= 15 is 0 Å². The van der Waals surface area contributed by atoms with Crippen LogP contribution >= 0.6 is 15.9 Å². The van der Waals surface area contributed by atoms with Gasteiger partial charge in [-0.1, -0.05) is 28.1 Å². The molecule has 3 nitrogen and oxygen atoms in total. The average Bonchev–Trinajstić information content (AvgIpc) is 2.35. The quantitative estimate of drug-likeness (QED) is 0.809. The SMILES string of the molecule is Cc1nc2ccccc2nc1N(CCBr)C(C)C. The van der Waals surface area contributed by atoms with E-state index in [9.17, 15) is 0 Å². The zero-order valence-electron chi connectivity index (χ0n) is 11.0. The first-order valence-electron chi connectivity index (χ1n) is 6.19. The van der Waals surface area contributed by atoms with Crippen LogP contribution in [-0.4, -0.2) is 27.9 Å². The summed E-state index contributed by atoms with van der Waals surface area (Å²) in [6, 6.07) is 8.42. The second kappa shape index (κ2) is 5.65. The highest BCUT2D eigenvalue weighted by atomic mass is 79.9. The van der Waals surface area contributed by atoms with E-state index in [-0.39, 0.29) is 0 Å². The van der Waals surface area contributed by atoms with Crippen molar-refractivity contribution in [3.63, 3.8) is 0 Å². The summed E-state index contributed by atoms with van der Waals surface area (Å²) in [5.74, 6) is 0.989. The molecule has 18 heavy (non-hydrogen) atoms. The van der Waals surface area contributed by atoms with Crippen molar-refractivity contribution in [1.29, 1.82) is 0 Å². The van der Waals surface area contributed by atoms with Crippen molar-refractivity contribution in [2.75, 3.05) is 16.8 Å². The molecule has 96 valence electrons. The molecule has 0 radical (unpaired) electrons. The van der Waals surface area contributed by atoms with Crippen LogP contribution in [0.1, 0.15) is 19.5 Å². The van der Waals surface area contributed by atoms with Crippen LogP contribution in [0.25, 0.3) is 11.0 Å². The number of para-hydroxylation sites is 2. The van der Waals surface area contributed by atoms with E-state index in [1.165, 1.54) is 0 Å². The summed E-state index contributed by atoms with van der Waals surface area (Å²) >= 11 is 3.50. The minimum Gasteiger partial charge on any atom is -0.352 e. The fourth-order valence-corrected chi connectivity index (χ4v) is 2.43. The van der Waals surface area contributed by atoms with Crippen LogP contribution in [0.5, 0.6) is 0 Å². The summed E-state index contributed by atoms with van der Waals surface area (Å²) in [5.41, 5.74) is 2.91. The summed E-state index contributed by atoms with van der Waals surface area (Å²) in [4.78, 5) is 11.7. The zero-order valence-corrected chi connectivity index (χ0v) is 12.6. The summed E-state index contributed by atoms with van der Waals surface area (Å²) in [6.45, 7) is 7.32. The third kappa shape index (κ3) is 2.64. The van der Waals surface area contributed by atoms with Crippen LogP contribution in [0.3, 0.4) is 0 Å². The summed E-state index contributed by atoms with van der Waals surface area (Å²) in [6.07, 6.45) is 0. The van der Waals surface area contributed by atoms with Crippen LogP contribution in [0.2, 0.25) is 0 Å². The predicted octanol–water partition coefficient (Wildman–Crippen LogP) is 3.55. The predicted molar refractivity (Wildman–Crippen MR) is 80.6 cm³/mol. The average molecular weight is 308 g/mol. The molecule has 0 saturated heterocycles. The largest absolute Gasteiger partial charge is 0.352 e. The first-order chi connectivity index (χ1) is 8.63. The van der Waals surface area contributed by atoms with Crippen molar-refractivity contribution >= 4 is 32.8 Å². The molecular weight excluding hydrogens is 290 g/mol. The van der Waals surface area contributed by atoms with Crippen LogP contribution < -0.4 is 4.90 Å². The molecule has 2 aromatic rings. The Bertz CT molecular complexity index is 540. The van der Waals surface area contributed by atoms with Gasteiger partial charge in [0.2, 0.25) is 0 Å². The van der Waals surface area contributed by atoms with Crippen molar-refractivity contribution in [2.45, 2.75) is 26.8 Å². The summed E-state index contributed by atoms with van der Waals surface area (Å²) in [5, 5.41) is 0.930. The second-order valence-corrected chi connectivity index (χ2v) is 5.39. The van der Waals surface area contributed by atoms with Gasteiger partial charge >= 0.3 is 0 Å². The van der Waals surface area contributed by atoms with Crippen molar-refractivity contribution < 1.29 is 0 Å². The number of alkyl halides is 1. The molecule has 1 aromatic carbocycles. The lowest BCUT2D eigenvalue weighted by Gasteiger charge is -2.28. The molecular formula is C14H18BrN3. The lowest BCUT2D eigenvalue weighted by atomic mass is 10.2. The number of anilines is 1. The van der Waals surface area contributed by atoms with Crippen LogP contribution in [0.4, 0.5) is 5.82 Å². The highest BCUT2D eigenvalue weighted by Gasteiger charge is 2.15. The highest BCUT2D eigenvalue weighted by molar-refractivity contribution is 9.09. The molecule has 0 saturated carbocycles. The molecule has 0 bridgehead atoms. The minimum absolute atomic E-state index is 0.414. The van der Waals surface area contributed by atoms with Gasteiger partial charge < -0.3 is 4.90 Å². The molecule has 0 amide bonds. The monoisotopic (exact) mass is 307 g/mol. The molecule has 0 unspecified atom stereocenters. The van der Waals surface area contributed by atoms with E-state index in [1.807, 2.05) is 31.2 Å². The van der Waals surface area contributed by atoms with Crippen molar-refractivity contribution in [3.05, 3.63) is 30.0 Å². The number of hydrogen-bond donors (Lipinski definition) is 0. The van der Waals surface area contributed by atoms with Gasteiger partial charge in [-0.3, -0.25) is 0 Å². The number of hydrogen-bond acceptors (Lipinski definition) is 3. The molecule has 0 spiro atoms. The Morgan fingerprint density at radius 3 is 2.33 bits per heavy atom. The molecule has 0 fully saturated rings. The third-order valence-corrected chi connectivity index (χ3v) is 3.30. The van der Waals surface area contributed by atoms with Gasteiger partial charge in [0, 0.05) is 17.9 Å². The maximum atomic E-state index is 4.76. The molecule has 0 aliphatic heterocycles. The molecule has 0 atom stereocenters. The zero-order chi connectivity index (χ0) is 13.1. The van der Waals surface area contributed by atoms with Gasteiger partial charge in [-0.25, -0.2) is 9.97 Å². The molecule has 4 heteroatoms. The first-order valence-corrected chi connectivity index (χ1v) is 7.31. The van der Waals surface area contributed by atoms with Crippen molar-refractivity contribution in [2.24, 2.45) is 0 Å². The van der Waals surface area contributed by atoms with Gasteiger partial charge in [0.25, 0.3) is 0 Å². The molecule has 2 rings (SSSR count). The number of nitrogens with zero attached hydrogens (tertiary/aromatic N) is 3. The molecule has 1 aromatic heterocycles. The van der Waals surface area contributed by atoms with Crippen molar-refractivity contribution in [3.8, 4) is 0 Å². The topological polar surface area (TPSA) is 29.0 Å². The number of rotatable bonds is 4. The van der Waals surface area contributed by atoms with Gasteiger partial charge in [0.05, 0.1) is 16.7 Å². The number of aromatic nitrogens is 2. The Balaban J connectivity index is 2.51. The van der Waals surface area contributed by atoms with E-state index in [2.05, 4.69) is 39.7 Å². The smallest absolute Gasteiger partial charge is 0.151 e. The molecule has 1 heterocycles. The standard InChI is InChI=1S/C14H18BrN3/c1-10(2)18(9-8-15)14-11(3)16-12-6-4-5-7-13(12)17-14/h4-7,10H,8-9H2,1-3H3. The fraction of sp³-hybridized carbons (Fsp3) is 0.429. The van der Waals surface area contributed by atoms with Gasteiger partial charge in [0.1, 0.15) is 0 Å². The van der Waals surface area contributed by atoms with E-state index in [1.54, 1.807) is 0 Å². The summed E-state index contributed by atoms with van der Waals surface area (Å²) < 4.78 is 0. The molecule has 0 N–H and O–H groups in total. The maximum Gasteiger partial charge on any atom is 0.151 e. The minimum atomic E-state index is 0.414. The second-order valence-electron chi connectivity index (χ2n) is 4.60. The first kappa shape index (κ1) is 13.3. The lowest BCUT2D eigenvalue weighted by molar-refractivity contribution is 0.694. The molecule has 0 aliphatic rings. The number of halogens is 1. The number of aryl methyl sites for hydroxylation is 1. The Kier molecular flexibility index (Phi) is 4.17. The van der Waals surface area contributed by atoms with Crippen LogP contribution in [0, 0.1) is 6.92 Å². The van der Waals surface area contributed by atoms with Gasteiger partial charge in [-0.05, 0) is 32.9 Å². The Morgan fingerprint density at radius 2 is 1.78 bits per heavy atom. The fourth-order valence-electron chi connectivity index (χ4n) is 2.05. The van der Waals surface area contributed by atoms with E-state index in [0.29, 0.717) is 6.04 Å². The third-order valence-electron chi connectivity index (χ3n) is 2.94. The van der Waals surface area contributed by atoms with Crippen LogP contribution in [0.15, 0.2) is 24.3 Å². The van der Waals surface area contributed by atoms with Gasteiger partial charge in [-0.2, -0.15) is 0 Å². The summed E-state index contributed by atoms with van der Waals surface area (Å²) in [7, 11) is 0. The Hall–Kier alpha value is -1.16. The number of fused-ring (bicyclic) bond motifs is 1. The van der Waals surface area contributed by atoms with E-state index < -0.39 is 0 Å². The van der Waals surface area contributed by atoms with Gasteiger partial charge in [-0.15, -0.1) is 0 Å². The number of benzene rings is 1. The van der Waals surface area contributed by atoms with E-state index in [4.69, 9.17) is 4.98 Å². The Labute approximate surface area is 116 Å². The van der Waals surface area contributed by atoms with Gasteiger partial charge in [0.15, 0.2) is 5.82 Å². The lowest BCUT2D eigenvalue weighted by Crippen LogP contribution is -2.34. The normalized spacial score (nSPS) is 11.2. The van der Waals surface area contributed by atoms with E-state index in [0.717, 1.165) is 34.4 Å². The maximum absolute atomic E-state index is 4.76.